The maximum atomic E-state index is 15.0. The zero-order valence-electron chi connectivity index (χ0n) is 24.8. The molecule has 1 N–H and O–H groups in total. The van der Waals surface area contributed by atoms with Crippen molar-refractivity contribution in [1.29, 1.82) is 0 Å². The summed E-state index contributed by atoms with van der Waals surface area (Å²) >= 11 is 0. The number of Topliss-reactive ketones (excluding diaryl/α,β-unsaturated/α-hetero) is 1. The van der Waals surface area contributed by atoms with E-state index < -0.39 is 35.5 Å². The van der Waals surface area contributed by atoms with Crippen molar-refractivity contribution in [1.82, 2.24) is 0 Å². The summed E-state index contributed by atoms with van der Waals surface area (Å²) in [6, 6.07) is 41.6. The summed E-state index contributed by atoms with van der Waals surface area (Å²) in [4.78, 5) is 46.4. The Balaban J connectivity index is 1.35. The molecular formula is C40H30N2O4. The summed E-state index contributed by atoms with van der Waals surface area (Å²) in [6.45, 7) is 0. The summed E-state index contributed by atoms with van der Waals surface area (Å²) in [7, 11) is 0. The van der Waals surface area contributed by atoms with Gasteiger partial charge in [0.1, 0.15) is 11.5 Å². The van der Waals surface area contributed by atoms with Gasteiger partial charge < -0.3 is 15.0 Å². The van der Waals surface area contributed by atoms with E-state index in [-0.39, 0.29) is 11.7 Å². The van der Waals surface area contributed by atoms with Gasteiger partial charge in [-0.25, -0.2) is 4.79 Å². The van der Waals surface area contributed by atoms with Gasteiger partial charge in [0, 0.05) is 16.9 Å². The molecule has 4 atom stereocenters. The molecule has 3 aliphatic heterocycles. The highest BCUT2D eigenvalue weighted by Gasteiger charge is 2.71. The van der Waals surface area contributed by atoms with E-state index in [4.69, 9.17) is 4.74 Å². The van der Waals surface area contributed by atoms with E-state index in [1.54, 1.807) is 24.3 Å². The second kappa shape index (κ2) is 11.0. The van der Waals surface area contributed by atoms with E-state index in [0.29, 0.717) is 16.8 Å². The molecule has 46 heavy (non-hydrogen) atoms. The van der Waals surface area contributed by atoms with Crippen LogP contribution in [0.2, 0.25) is 0 Å². The van der Waals surface area contributed by atoms with Gasteiger partial charge in [-0.1, -0.05) is 140 Å². The fraction of sp³-hybridized carbons (Fsp3) is 0.125. The highest BCUT2D eigenvalue weighted by atomic mass is 16.5. The number of carbonyl (C=O) groups excluding carboxylic acids is 3. The lowest BCUT2D eigenvalue weighted by Crippen LogP contribution is -2.51. The molecule has 6 nitrogen and oxygen atoms in total. The van der Waals surface area contributed by atoms with E-state index in [2.05, 4.69) is 5.32 Å². The van der Waals surface area contributed by atoms with Crippen molar-refractivity contribution in [2.45, 2.75) is 23.6 Å². The number of hydrogen-bond acceptors (Lipinski definition) is 5. The monoisotopic (exact) mass is 602 g/mol. The molecular weight excluding hydrogens is 572 g/mol. The molecule has 224 valence electrons. The molecule has 1 amide bonds. The molecule has 0 radical (unpaired) electrons. The summed E-state index contributed by atoms with van der Waals surface area (Å²) < 4.78 is 6.52. The molecule has 3 aliphatic rings. The minimum Gasteiger partial charge on any atom is -0.451 e. The topological polar surface area (TPSA) is 75.7 Å². The van der Waals surface area contributed by atoms with Crippen molar-refractivity contribution < 1.29 is 19.1 Å². The lowest BCUT2D eigenvalue weighted by atomic mass is 9.64. The smallest absolute Gasteiger partial charge is 0.330 e. The predicted octanol–water partition coefficient (Wildman–Crippen LogP) is 6.99. The van der Waals surface area contributed by atoms with Crippen LogP contribution in [0.1, 0.15) is 38.7 Å². The van der Waals surface area contributed by atoms with Crippen LogP contribution in [-0.4, -0.2) is 29.7 Å². The Kier molecular flexibility index (Phi) is 6.64. The first-order valence-electron chi connectivity index (χ1n) is 15.4. The van der Waals surface area contributed by atoms with Crippen molar-refractivity contribution in [3.63, 3.8) is 0 Å². The predicted molar refractivity (Wildman–Crippen MR) is 177 cm³/mol. The molecule has 8 rings (SSSR count). The van der Waals surface area contributed by atoms with Crippen LogP contribution >= 0.6 is 0 Å². The third kappa shape index (κ3) is 4.14. The molecule has 0 saturated carbocycles. The third-order valence-electron chi connectivity index (χ3n) is 9.56. The number of anilines is 2. The Morgan fingerprint density at radius 1 is 0.717 bits per heavy atom. The Hall–Kier alpha value is -5.75. The summed E-state index contributed by atoms with van der Waals surface area (Å²) in [5.41, 5.74) is 3.66. The van der Waals surface area contributed by atoms with Gasteiger partial charge in [0.05, 0.1) is 12.0 Å². The first-order valence-corrected chi connectivity index (χ1v) is 15.4. The van der Waals surface area contributed by atoms with Crippen LogP contribution in [-0.2, 0) is 19.7 Å². The number of nitrogens with one attached hydrogen (secondary N) is 1. The standard InChI is InChI=1S/C40H30N2O4/c43-36(27-15-4-1-5-16-27)34-35(38(44)46-37(28-17-6-2-7-18-28)29-19-8-3-9-20-29)42-32-23-13-10-14-26(32)24-25-33(42)40(34)30-21-11-12-22-31(30)41-39(40)45/h1-25,33-35,37H,(H,41,45)/t33-,34-,35+,40-/m1/s1. The largest absolute Gasteiger partial charge is 0.451 e. The quantitative estimate of drug-likeness (QED) is 0.168. The zero-order chi connectivity index (χ0) is 31.3. The maximum Gasteiger partial charge on any atom is 0.330 e. The van der Waals surface area contributed by atoms with E-state index in [1.165, 1.54) is 0 Å². The Morgan fingerprint density at radius 3 is 2.00 bits per heavy atom. The second-order valence-corrected chi connectivity index (χ2v) is 11.9. The van der Waals surface area contributed by atoms with Gasteiger partial charge in [-0.2, -0.15) is 0 Å². The van der Waals surface area contributed by atoms with Crippen molar-refractivity contribution in [3.8, 4) is 0 Å². The minimum atomic E-state index is -1.40. The number of hydrogen-bond donors (Lipinski definition) is 1. The van der Waals surface area contributed by atoms with Crippen LogP contribution in [0.3, 0.4) is 0 Å². The number of carbonyl (C=O) groups is 3. The average molecular weight is 603 g/mol. The Morgan fingerprint density at radius 2 is 1.30 bits per heavy atom. The van der Waals surface area contributed by atoms with Gasteiger partial charge in [0.15, 0.2) is 11.9 Å². The van der Waals surface area contributed by atoms with Crippen LogP contribution in [0.4, 0.5) is 11.4 Å². The van der Waals surface area contributed by atoms with E-state index in [0.717, 1.165) is 22.4 Å². The summed E-state index contributed by atoms with van der Waals surface area (Å²) in [5, 5.41) is 3.07. The first kappa shape index (κ1) is 27.8. The van der Waals surface area contributed by atoms with Crippen LogP contribution in [0.25, 0.3) is 6.08 Å². The Bertz CT molecular complexity index is 1950. The molecule has 1 saturated heterocycles. The number of rotatable bonds is 6. The lowest BCUT2D eigenvalue weighted by molar-refractivity contribution is -0.150. The van der Waals surface area contributed by atoms with Gasteiger partial charge in [0.25, 0.3) is 0 Å². The highest BCUT2D eigenvalue weighted by molar-refractivity contribution is 6.16. The molecule has 1 fully saturated rings. The van der Waals surface area contributed by atoms with Crippen molar-refractivity contribution in [2.24, 2.45) is 5.92 Å². The number of fused-ring (bicyclic) bond motifs is 6. The van der Waals surface area contributed by atoms with E-state index >= 15 is 4.79 Å². The van der Waals surface area contributed by atoms with Crippen molar-refractivity contribution in [2.75, 3.05) is 10.2 Å². The number of esters is 1. The second-order valence-electron chi connectivity index (χ2n) is 11.9. The van der Waals surface area contributed by atoms with Crippen LogP contribution in [0, 0.1) is 5.92 Å². The van der Waals surface area contributed by atoms with Gasteiger partial charge in [0.2, 0.25) is 5.91 Å². The van der Waals surface area contributed by atoms with E-state index in [1.807, 2.05) is 132 Å². The summed E-state index contributed by atoms with van der Waals surface area (Å²) in [5.74, 6) is -2.26. The number of ketones is 1. The zero-order valence-corrected chi connectivity index (χ0v) is 24.8. The van der Waals surface area contributed by atoms with Gasteiger partial charge in [-0.15, -0.1) is 0 Å². The normalized spacial score (nSPS) is 22.2. The van der Waals surface area contributed by atoms with Crippen LogP contribution in [0.15, 0.2) is 146 Å². The molecule has 0 aromatic heterocycles. The minimum absolute atomic E-state index is 0.286. The van der Waals surface area contributed by atoms with Crippen molar-refractivity contribution in [3.05, 3.63) is 173 Å². The molecule has 0 unspecified atom stereocenters. The molecule has 5 aromatic rings. The van der Waals surface area contributed by atoms with Gasteiger partial charge >= 0.3 is 5.97 Å². The number of nitrogens with zero attached hydrogens (tertiary/aromatic N) is 1. The third-order valence-corrected chi connectivity index (χ3v) is 9.56. The van der Waals surface area contributed by atoms with Gasteiger partial charge in [-0.3, -0.25) is 9.59 Å². The Labute approximate surface area is 267 Å². The molecule has 6 heteroatoms. The summed E-state index contributed by atoms with van der Waals surface area (Å²) in [6.07, 6.45) is 3.23. The van der Waals surface area contributed by atoms with E-state index in [9.17, 15) is 9.59 Å². The molecule has 5 aromatic carbocycles. The molecule has 0 bridgehead atoms. The first-order chi connectivity index (χ1) is 22.6. The van der Waals surface area contributed by atoms with Crippen molar-refractivity contribution >= 4 is 35.1 Å². The molecule has 1 spiro atoms. The van der Waals surface area contributed by atoms with Gasteiger partial charge in [-0.05, 0) is 34.4 Å². The fourth-order valence-corrected chi connectivity index (χ4v) is 7.64. The number of amides is 1. The number of para-hydroxylation sites is 2. The SMILES string of the molecule is O=C(OC(c1ccccc1)c1ccccc1)[C@@H]1[C@H](C(=O)c2ccccc2)[C@]2(C(=O)Nc3ccccc32)[C@H]2C=Cc3ccccc3N12. The average Bonchev–Trinajstić information content (AvgIpc) is 3.60. The van der Waals surface area contributed by atoms with Crippen LogP contribution < -0.4 is 10.2 Å². The maximum absolute atomic E-state index is 15.0. The number of benzene rings is 5. The number of ether oxygens (including phenoxy) is 1. The molecule has 3 heterocycles. The fourth-order valence-electron chi connectivity index (χ4n) is 7.64. The lowest BCUT2D eigenvalue weighted by Gasteiger charge is -2.37. The highest BCUT2D eigenvalue weighted by Crippen LogP contribution is 2.58. The van der Waals surface area contributed by atoms with Crippen LogP contribution in [0.5, 0.6) is 0 Å². The molecule has 0 aliphatic carbocycles.